The first-order valence-electron chi connectivity index (χ1n) is 3.63. The van der Waals surface area contributed by atoms with Crippen LogP contribution in [0.15, 0.2) is 18.6 Å². The van der Waals surface area contributed by atoms with Crippen molar-refractivity contribution in [1.82, 2.24) is 9.97 Å². The highest BCUT2D eigenvalue weighted by Gasteiger charge is 2.04. The topological polar surface area (TPSA) is 52.1 Å². The lowest BCUT2D eigenvalue weighted by atomic mass is 10.5. The summed E-state index contributed by atoms with van der Waals surface area (Å²) in [6, 6.07) is 1.73. The van der Waals surface area contributed by atoms with Crippen molar-refractivity contribution in [3.8, 4) is 5.06 Å². The Hall–Kier alpha value is -1.49. The fourth-order valence-electron chi connectivity index (χ4n) is 0.955. The number of ether oxygens (including phenoxy) is 1. The van der Waals surface area contributed by atoms with Crippen LogP contribution < -0.4 is 4.74 Å². The summed E-state index contributed by atoms with van der Waals surface area (Å²) in [6.45, 7) is 1.37. The summed E-state index contributed by atoms with van der Waals surface area (Å²) in [4.78, 5) is 18.5. The van der Waals surface area contributed by atoms with Gasteiger partial charge in [-0.05, 0) is 0 Å². The van der Waals surface area contributed by atoms with Gasteiger partial charge in [-0.25, -0.2) is 9.97 Å². The second kappa shape index (κ2) is 3.10. The summed E-state index contributed by atoms with van der Waals surface area (Å²) in [5.41, 5.74) is 0.802. The van der Waals surface area contributed by atoms with Crippen molar-refractivity contribution >= 4 is 27.5 Å². The molecule has 4 nitrogen and oxygen atoms in total. The zero-order chi connectivity index (χ0) is 9.26. The molecule has 2 aromatic rings. The molecule has 2 aromatic heterocycles. The number of esters is 1. The molecule has 0 fully saturated rings. The summed E-state index contributed by atoms with van der Waals surface area (Å²) in [5, 5.41) is 0.558. The number of carbonyl (C=O) groups excluding carboxylic acids is 1. The third-order valence-electron chi connectivity index (χ3n) is 1.42. The average molecular weight is 194 g/mol. The van der Waals surface area contributed by atoms with Crippen LogP contribution in [0.2, 0.25) is 0 Å². The van der Waals surface area contributed by atoms with Crippen LogP contribution in [0.5, 0.6) is 5.06 Å². The third-order valence-corrected chi connectivity index (χ3v) is 2.35. The second-order valence-electron chi connectivity index (χ2n) is 2.43. The van der Waals surface area contributed by atoms with E-state index in [0.717, 1.165) is 10.2 Å². The standard InChI is InChI=1S/C8H6N2O2S/c1-5(11)12-8-2-6-7(13-8)3-9-4-10-6/h2-4H,1H3. The first-order valence-corrected chi connectivity index (χ1v) is 4.45. The zero-order valence-corrected chi connectivity index (χ0v) is 7.67. The van der Waals surface area contributed by atoms with Gasteiger partial charge in [0.05, 0.1) is 10.2 Å². The highest BCUT2D eigenvalue weighted by molar-refractivity contribution is 7.20. The number of thiophene rings is 1. The van der Waals surface area contributed by atoms with Gasteiger partial charge >= 0.3 is 5.97 Å². The van der Waals surface area contributed by atoms with Crippen molar-refractivity contribution in [2.24, 2.45) is 0 Å². The Bertz CT molecular complexity index is 419. The summed E-state index contributed by atoms with van der Waals surface area (Å²) < 4.78 is 5.83. The first-order chi connectivity index (χ1) is 6.25. The first kappa shape index (κ1) is 8.12. The molecule has 0 aliphatic rings. The van der Waals surface area contributed by atoms with Crippen LogP contribution in [-0.4, -0.2) is 15.9 Å². The molecule has 2 rings (SSSR count). The fraction of sp³-hybridized carbons (Fsp3) is 0.125. The van der Waals surface area contributed by atoms with Gasteiger partial charge in [-0.3, -0.25) is 4.79 Å². The molecule has 0 saturated carbocycles. The van der Waals surface area contributed by atoms with Crippen LogP contribution >= 0.6 is 11.3 Å². The number of hydrogen-bond acceptors (Lipinski definition) is 5. The van der Waals surface area contributed by atoms with Crippen LogP contribution in [0, 0.1) is 0 Å². The van der Waals surface area contributed by atoms with Crippen LogP contribution in [-0.2, 0) is 4.79 Å². The predicted octanol–water partition coefficient (Wildman–Crippen LogP) is 1.62. The molecule has 0 N–H and O–H groups in total. The Labute approximate surface area is 78.2 Å². The van der Waals surface area contributed by atoms with Gasteiger partial charge in [0.1, 0.15) is 6.33 Å². The number of carbonyl (C=O) groups is 1. The van der Waals surface area contributed by atoms with Gasteiger partial charge in [0, 0.05) is 19.2 Å². The minimum atomic E-state index is -0.320. The molecular formula is C8H6N2O2S. The van der Waals surface area contributed by atoms with Crippen molar-refractivity contribution in [3.63, 3.8) is 0 Å². The van der Waals surface area contributed by atoms with Crippen molar-refractivity contribution in [2.75, 3.05) is 0 Å². The molecule has 0 amide bonds. The lowest BCUT2D eigenvalue weighted by molar-refractivity contribution is -0.131. The smallest absolute Gasteiger partial charge is 0.308 e. The van der Waals surface area contributed by atoms with Gasteiger partial charge in [0.25, 0.3) is 0 Å². The molecule has 0 atom stereocenters. The maximum atomic E-state index is 10.6. The highest BCUT2D eigenvalue weighted by Crippen LogP contribution is 2.29. The lowest BCUT2D eigenvalue weighted by Crippen LogP contribution is -1.98. The minimum absolute atomic E-state index is 0.320. The monoisotopic (exact) mass is 194 g/mol. The largest absolute Gasteiger partial charge is 0.415 e. The van der Waals surface area contributed by atoms with E-state index >= 15 is 0 Å². The molecule has 0 saturated heterocycles. The Morgan fingerprint density at radius 1 is 1.62 bits per heavy atom. The third kappa shape index (κ3) is 1.65. The molecule has 13 heavy (non-hydrogen) atoms. The quantitative estimate of drug-likeness (QED) is 0.647. The van der Waals surface area contributed by atoms with Crippen LogP contribution in [0.25, 0.3) is 10.2 Å². The number of rotatable bonds is 1. The Morgan fingerprint density at radius 3 is 3.15 bits per heavy atom. The highest BCUT2D eigenvalue weighted by atomic mass is 32.1. The predicted molar refractivity (Wildman–Crippen MR) is 48.7 cm³/mol. The number of aromatic nitrogens is 2. The molecule has 0 aromatic carbocycles. The van der Waals surface area contributed by atoms with Gasteiger partial charge in [-0.2, -0.15) is 0 Å². The maximum Gasteiger partial charge on any atom is 0.308 e. The fourth-order valence-corrected chi connectivity index (χ4v) is 1.83. The minimum Gasteiger partial charge on any atom is -0.415 e. The van der Waals surface area contributed by atoms with E-state index in [2.05, 4.69) is 9.97 Å². The second-order valence-corrected chi connectivity index (χ2v) is 3.48. The zero-order valence-electron chi connectivity index (χ0n) is 6.85. The summed E-state index contributed by atoms with van der Waals surface area (Å²) in [6.07, 6.45) is 3.16. The molecule has 0 aliphatic carbocycles. The SMILES string of the molecule is CC(=O)Oc1cc2ncncc2s1. The molecular weight excluding hydrogens is 188 g/mol. The van der Waals surface area contributed by atoms with E-state index in [9.17, 15) is 4.79 Å². The Kier molecular flexibility index (Phi) is 1.94. The van der Waals surface area contributed by atoms with Crippen molar-refractivity contribution in [3.05, 3.63) is 18.6 Å². The van der Waals surface area contributed by atoms with E-state index in [-0.39, 0.29) is 5.97 Å². The number of nitrogens with zero attached hydrogens (tertiary/aromatic N) is 2. The van der Waals surface area contributed by atoms with E-state index in [4.69, 9.17) is 4.74 Å². The number of fused-ring (bicyclic) bond motifs is 1. The maximum absolute atomic E-state index is 10.6. The molecule has 0 unspecified atom stereocenters. The molecule has 0 aliphatic heterocycles. The summed E-state index contributed by atoms with van der Waals surface area (Å²) >= 11 is 1.36. The van der Waals surface area contributed by atoms with Crippen LogP contribution in [0.1, 0.15) is 6.92 Å². The van der Waals surface area contributed by atoms with Gasteiger partial charge in [-0.1, -0.05) is 11.3 Å². The van der Waals surface area contributed by atoms with Gasteiger partial charge in [-0.15, -0.1) is 0 Å². The van der Waals surface area contributed by atoms with Crippen molar-refractivity contribution in [1.29, 1.82) is 0 Å². The molecule has 66 valence electrons. The van der Waals surface area contributed by atoms with Gasteiger partial charge in [0.2, 0.25) is 0 Å². The summed E-state index contributed by atoms with van der Waals surface area (Å²) in [7, 11) is 0. The van der Waals surface area contributed by atoms with Crippen LogP contribution in [0.3, 0.4) is 0 Å². The van der Waals surface area contributed by atoms with Crippen molar-refractivity contribution in [2.45, 2.75) is 6.92 Å². The number of hydrogen-bond donors (Lipinski definition) is 0. The average Bonchev–Trinajstić information content (AvgIpc) is 2.44. The normalized spacial score (nSPS) is 10.2. The molecule has 2 heterocycles. The Morgan fingerprint density at radius 2 is 2.46 bits per heavy atom. The van der Waals surface area contributed by atoms with E-state index in [1.807, 2.05) is 0 Å². The molecule has 0 spiro atoms. The molecule has 5 heteroatoms. The van der Waals surface area contributed by atoms with Gasteiger partial charge < -0.3 is 4.74 Å². The molecule has 0 bridgehead atoms. The lowest BCUT2D eigenvalue weighted by Gasteiger charge is -1.91. The van der Waals surface area contributed by atoms with Crippen LogP contribution in [0.4, 0.5) is 0 Å². The van der Waals surface area contributed by atoms with Gasteiger partial charge in [0.15, 0.2) is 5.06 Å². The summed E-state index contributed by atoms with van der Waals surface area (Å²) in [5.74, 6) is -0.320. The molecule has 0 radical (unpaired) electrons. The van der Waals surface area contributed by atoms with E-state index in [0.29, 0.717) is 5.06 Å². The van der Waals surface area contributed by atoms with E-state index in [1.54, 1.807) is 12.3 Å². The van der Waals surface area contributed by atoms with E-state index in [1.165, 1.54) is 24.6 Å². The Balaban J connectivity index is 2.44. The van der Waals surface area contributed by atoms with E-state index < -0.39 is 0 Å². The van der Waals surface area contributed by atoms with Crippen molar-refractivity contribution < 1.29 is 9.53 Å².